The average Bonchev–Trinajstić information content (AvgIpc) is 1.96. The SMILES string of the molecule is O=[N+]([O-])Nc1c(F)cc(F)cc1F. The Labute approximate surface area is 70.1 Å². The number of hydrogen-bond donors (Lipinski definition) is 1. The molecule has 0 saturated carbocycles. The smallest absolute Gasteiger partial charge is 0.173 e. The third-order valence-electron chi connectivity index (χ3n) is 1.21. The minimum absolute atomic E-state index is 0.342. The lowest BCUT2D eigenvalue weighted by molar-refractivity contribution is -0.445. The van der Waals surface area contributed by atoms with E-state index >= 15 is 0 Å². The molecule has 0 aliphatic heterocycles. The number of nitrogens with zero attached hydrogens (tertiary/aromatic N) is 1. The van der Waals surface area contributed by atoms with Gasteiger partial charge in [0.15, 0.2) is 22.4 Å². The Balaban J connectivity index is 3.13. The van der Waals surface area contributed by atoms with Crippen molar-refractivity contribution >= 4 is 5.69 Å². The lowest BCUT2D eigenvalue weighted by atomic mass is 10.3. The van der Waals surface area contributed by atoms with Crippen molar-refractivity contribution in [1.82, 2.24) is 0 Å². The van der Waals surface area contributed by atoms with Gasteiger partial charge in [-0.25, -0.2) is 23.3 Å². The van der Waals surface area contributed by atoms with E-state index < -0.39 is 28.2 Å². The Morgan fingerprint density at radius 1 is 1.23 bits per heavy atom. The third kappa shape index (κ3) is 2.08. The maximum absolute atomic E-state index is 12.6. The predicted octanol–water partition coefficient (Wildman–Crippen LogP) is 1.71. The molecule has 0 amide bonds. The number of nitro groups is 1. The van der Waals surface area contributed by atoms with Crippen LogP contribution in [0.3, 0.4) is 0 Å². The first-order chi connectivity index (χ1) is 6.00. The number of hydrogen-bond acceptors (Lipinski definition) is 2. The van der Waals surface area contributed by atoms with Gasteiger partial charge in [-0.05, 0) is 0 Å². The molecule has 0 fully saturated rings. The largest absolute Gasteiger partial charge is 0.235 e. The zero-order chi connectivity index (χ0) is 10.0. The predicted molar refractivity (Wildman–Crippen MR) is 36.9 cm³/mol. The maximum atomic E-state index is 12.6. The van der Waals surface area contributed by atoms with E-state index in [1.807, 2.05) is 0 Å². The van der Waals surface area contributed by atoms with Crippen molar-refractivity contribution in [3.05, 3.63) is 39.7 Å². The van der Waals surface area contributed by atoms with Gasteiger partial charge in [-0.1, -0.05) is 0 Å². The van der Waals surface area contributed by atoms with E-state index in [2.05, 4.69) is 0 Å². The van der Waals surface area contributed by atoms with Crippen LogP contribution in [0, 0.1) is 27.6 Å². The second-order valence-corrected chi connectivity index (χ2v) is 2.11. The summed E-state index contributed by atoms with van der Waals surface area (Å²) in [6.45, 7) is 0. The molecule has 0 spiro atoms. The van der Waals surface area contributed by atoms with E-state index in [4.69, 9.17) is 0 Å². The monoisotopic (exact) mass is 192 g/mol. The van der Waals surface area contributed by atoms with E-state index in [0.717, 1.165) is 0 Å². The van der Waals surface area contributed by atoms with Gasteiger partial charge in [0.25, 0.3) is 0 Å². The quantitative estimate of drug-likeness (QED) is 0.573. The summed E-state index contributed by atoms with van der Waals surface area (Å²) in [5, 5.41) is 8.69. The van der Waals surface area contributed by atoms with E-state index in [1.165, 1.54) is 5.43 Å². The summed E-state index contributed by atoms with van der Waals surface area (Å²) in [6.07, 6.45) is 0. The Kier molecular flexibility index (Phi) is 2.36. The summed E-state index contributed by atoms with van der Waals surface area (Å²) < 4.78 is 37.5. The number of anilines is 1. The first-order valence-electron chi connectivity index (χ1n) is 3.06. The summed E-state index contributed by atoms with van der Waals surface area (Å²) in [6, 6.07) is 0.684. The van der Waals surface area contributed by atoms with Crippen LogP contribution in [-0.4, -0.2) is 5.03 Å². The van der Waals surface area contributed by atoms with Crippen molar-refractivity contribution in [1.29, 1.82) is 0 Å². The van der Waals surface area contributed by atoms with Crippen LogP contribution in [0.25, 0.3) is 0 Å². The van der Waals surface area contributed by atoms with E-state index in [-0.39, 0.29) is 0 Å². The van der Waals surface area contributed by atoms with Gasteiger partial charge in [0.1, 0.15) is 5.82 Å². The minimum Gasteiger partial charge on any atom is -0.235 e. The Morgan fingerprint density at radius 3 is 2.08 bits per heavy atom. The van der Waals surface area contributed by atoms with Crippen LogP contribution in [0.1, 0.15) is 0 Å². The zero-order valence-corrected chi connectivity index (χ0v) is 6.05. The highest BCUT2D eigenvalue weighted by Crippen LogP contribution is 2.19. The summed E-state index contributed by atoms with van der Waals surface area (Å²) in [5.74, 6) is -3.84. The molecule has 0 radical (unpaired) electrons. The molecule has 13 heavy (non-hydrogen) atoms. The van der Waals surface area contributed by atoms with Crippen LogP contribution in [0.15, 0.2) is 12.1 Å². The summed E-state index contributed by atoms with van der Waals surface area (Å²) in [5.41, 5.74) is 0.294. The second kappa shape index (κ2) is 3.30. The Morgan fingerprint density at radius 2 is 1.69 bits per heavy atom. The molecule has 0 heterocycles. The fraction of sp³-hybridized carbons (Fsp3) is 0. The molecule has 0 atom stereocenters. The van der Waals surface area contributed by atoms with Crippen LogP contribution in [0.2, 0.25) is 0 Å². The van der Waals surface area contributed by atoms with Crippen LogP contribution in [0.5, 0.6) is 0 Å². The van der Waals surface area contributed by atoms with Crippen LogP contribution in [-0.2, 0) is 0 Å². The van der Waals surface area contributed by atoms with Gasteiger partial charge in [0.2, 0.25) is 0 Å². The number of hydrazine groups is 1. The Bertz CT molecular complexity index is 333. The van der Waals surface area contributed by atoms with E-state index in [1.54, 1.807) is 0 Å². The first kappa shape index (κ1) is 9.30. The number of nitrogens with one attached hydrogen (secondary N) is 1. The van der Waals surface area contributed by atoms with Crippen molar-refractivity contribution in [2.45, 2.75) is 0 Å². The first-order valence-corrected chi connectivity index (χ1v) is 3.06. The van der Waals surface area contributed by atoms with Gasteiger partial charge in [0.05, 0.1) is 0 Å². The fourth-order valence-electron chi connectivity index (χ4n) is 0.740. The van der Waals surface area contributed by atoms with Crippen molar-refractivity contribution in [3.63, 3.8) is 0 Å². The molecule has 0 aliphatic rings. The van der Waals surface area contributed by atoms with Crippen LogP contribution >= 0.6 is 0 Å². The van der Waals surface area contributed by atoms with Crippen LogP contribution in [0.4, 0.5) is 18.9 Å². The highest BCUT2D eigenvalue weighted by molar-refractivity contribution is 5.44. The topological polar surface area (TPSA) is 55.2 Å². The van der Waals surface area contributed by atoms with Gasteiger partial charge >= 0.3 is 0 Å². The van der Waals surface area contributed by atoms with E-state index in [9.17, 15) is 23.3 Å². The molecule has 0 unspecified atom stereocenters. The highest BCUT2D eigenvalue weighted by Gasteiger charge is 2.14. The second-order valence-electron chi connectivity index (χ2n) is 2.11. The van der Waals surface area contributed by atoms with Gasteiger partial charge in [-0.2, -0.15) is 0 Å². The number of benzene rings is 1. The van der Waals surface area contributed by atoms with Gasteiger partial charge in [0, 0.05) is 12.1 Å². The summed E-state index contributed by atoms with van der Waals surface area (Å²) in [7, 11) is 0. The molecule has 1 rings (SSSR count). The molecule has 0 saturated heterocycles. The molecule has 70 valence electrons. The molecule has 1 aromatic carbocycles. The minimum atomic E-state index is -1.35. The number of rotatable bonds is 2. The van der Waals surface area contributed by atoms with E-state index in [0.29, 0.717) is 12.1 Å². The molecule has 0 bridgehead atoms. The van der Waals surface area contributed by atoms with Gasteiger partial charge in [-0.15, -0.1) is 5.43 Å². The van der Waals surface area contributed by atoms with Crippen molar-refractivity contribution in [2.75, 3.05) is 5.43 Å². The van der Waals surface area contributed by atoms with Crippen molar-refractivity contribution in [2.24, 2.45) is 0 Å². The standard InChI is InChI=1S/C6H3F3N2O2/c7-3-1-4(8)6(5(9)2-3)10-11(12)13/h1-2,10H. The van der Waals surface area contributed by atoms with Crippen molar-refractivity contribution in [3.8, 4) is 0 Å². The van der Waals surface area contributed by atoms with Gasteiger partial charge in [-0.3, -0.25) is 0 Å². The molecule has 0 aromatic heterocycles. The number of halogens is 3. The zero-order valence-electron chi connectivity index (χ0n) is 6.05. The lowest BCUT2D eigenvalue weighted by Gasteiger charge is -2.00. The molecule has 0 aliphatic carbocycles. The maximum Gasteiger partial charge on any atom is 0.173 e. The lowest BCUT2D eigenvalue weighted by Crippen LogP contribution is -2.11. The molecule has 1 N–H and O–H groups in total. The molecule has 1 aromatic rings. The Hall–Kier alpha value is -1.79. The van der Waals surface area contributed by atoms with Crippen LogP contribution < -0.4 is 5.43 Å². The normalized spacial score (nSPS) is 9.77. The fourth-order valence-corrected chi connectivity index (χ4v) is 0.740. The molecule has 7 heteroatoms. The summed E-state index contributed by atoms with van der Waals surface area (Å²) in [4.78, 5) is 9.83. The summed E-state index contributed by atoms with van der Waals surface area (Å²) >= 11 is 0. The van der Waals surface area contributed by atoms with Gasteiger partial charge < -0.3 is 0 Å². The highest BCUT2D eigenvalue weighted by atomic mass is 19.1. The average molecular weight is 192 g/mol. The molecular formula is C6H3F3N2O2. The third-order valence-corrected chi connectivity index (χ3v) is 1.21. The molecular weight excluding hydrogens is 189 g/mol. The van der Waals surface area contributed by atoms with Crippen molar-refractivity contribution < 1.29 is 18.2 Å². The molecule has 4 nitrogen and oxygen atoms in total.